The summed E-state index contributed by atoms with van der Waals surface area (Å²) in [4.78, 5) is 12.2. The number of benzene rings is 2. The van der Waals surface area contributed by atoms with Gasteiger partial charge in [0.2, 0.25) is 0 Å². The smallest absolute Gasteiger partial charge is 0.195 e. The van der Waals surface area contributed by atoms with Crippen LogP contribution in [0.2, 0.25) is 0 Å². The van der Waals surface area contributed by atoms with Crippen molar-refractivity contribution in [1.29, 1.82) is 0 Å². The van der Waals surface area contributed by atoms with Crippen LogP contribution in [0.25, 0.3) is 5.83 Å². The molecule has 1 aliphatic rings. The van der Waals surface area contributed by atoms with Gasteiger partial charge in [-0.25, -0.2) is 8.78 Å². The van der Waals surface area contributed by atoms with Gasteiger partial charge in [0.1, 0.15) is 17.7 Å². The van der Waals surface area contributed by atoms with Gasteiger partial charge >= 0.3 is 0 Å². The maximum atomic E-state index is 14.4. The minimum atomic E-state index is -1.29. The largest absolute Gasteiger partial charge is 0.383 e. The fraction of sp³-hybridized carbons (Fsp3) is 0.0625. The normalized spacial score (nSPS) is 19.9. The summed E-state index contributed by atoms with van der Waals surface area (Å²) in [5, 5.41) is 10.1. The maximum absolute atomic E-state index is 14.4. The summed E-state index contributed by atoms with van der Waals surface area (Å²) in [7, 11) is 0. The first-order valence-electron chi connectivity index (χ1n) is 6.07. The van der Waals surface area contributed by atoms with Crippen molar-refractivity contribution >= 4 is 11.6 Å². The lowest BCUT2D eigenvalue weighted by molar-refractivity contribution is 0.101. The molecule has 0 aromatic heterocycles. The molecule has 4 heteroatoms. The Morgan fingerprint density at radius 1 is 1.05 bits per heavy atom. The predicted molar refractivity (Wildman–Crippen MR) is 70.2 cm³/mol. The molecule has 3 rings (SSSR count). The molecule has 2 aromatic carbocycles. The highest BCUT2D eigenvalue weighted by Crippen LogP contribution is 2.40. The van der Waals surface area contributed by atoms with E-state index in [4.69, 9.17) is 0 Å². The van der Waals surface area contributed by atoms with Crippen molar-refractivity contribution in [2.75, 3.05) is 0 Å². The van der Waals surface area contributed by atoms with E-state index < -0.39 is 23.5 Å². The lowest BCUT2D eigenvalue weighted by Crippen LogP contribution is -2.02. The van der Waals surface area contributed by atoms with Crippen LogP contribution in [0.15, 0.2) is 54.1 Å². The molecular formula is C16H10F2O2. The number of aliphatic hydroxyl groups is 1. The lowest BCUT2D eigenvalue weighted by atomic mass is 10.0. The van der Waals surface area contributed by atoms with E-state index in [1.807, 2.05) is 0 Å². The van der Waals surface area contributed by atoms with Crippen molar-refractivity contribution < 1.29 is 18.7 Å². The lowest BCUT2D eigenvalue weighted by Gasteiger charge is -2.07. The number of ketones is 1. The molecule has 2 nitrogen and oxygen atoms in total. The Kier molecular flexibility index (Phi) is 2.95. The first-order chi connectivity index (χ1) is 9.59. The summed E-state index contributed by atoms with van der Waals surface area (Å²) in [5.41, 5.74) is 0.469. The molecule has 0 bridgehead atoms. The minimum absolute atomic E-state index is 0.0709. The van der Waals surface area contributed by atoms with Crippen LogP contribution in [0.1, 0.15) is 27.6 Å². The second-order valence-corrected chi connectivity index (χ2v) is 4.55. The first-order valence-corrected chi connectivity index (χ1v) is 6.07. The number of halogens is 2. The highest BCUT2D eigenvalue weighted by atomic mass is 19.1. The van der Waals surface area contributed by atoms with Crippen LogP contribution in [0.4, 0.5) is 8.78 Å². The quantitative estimate of drug-likeness (QED) is 0.807. The molecule has 1 N–H and O–H groups in total. The van der Waals surface area contributed by atoms with Crippen LogP contribution >= 0.6 is 0 Å². The molecule has 1 unspecified atom stereocenters. The fourth-order valence-electron chi connectivity index (χ4n) is 2.34. The zero-order valence-electron chi connectivity index (χ0n) is 10.3. The third kappa shape index (κ3) is 1.85. The van der Waals surface area contributed by atoms with Crippen LogP contribution in [-0.4, -0.2) is 10.9 Å². The van der Waals surface area contributed by atoms with Gasteiger partial charge in [-0.15, -0.1) is 0 Å². The van der Waals surface area contributed by atoms with Gasteiger partial charge in [0.05, 0.1) is 5.57 Å². The molecule has 0 saturated carbocycles. The van der Waals surface area contributed by atoms with Gasteiger partial charge < -0.3 is 5.11 Å². The number of rotatable bonds is 1. The van der Waals surface area contributed by atoms with Crippen molar-refractivity contribution in [3.8, 4) is 0 Å². The fourth-order valence-corrected chi connectivity index (χ4v) is 2.34. The molecule has 2 aromatic rings. The highest BCUT2D eigenvalue weighted by Gasteiger charge is 2.36. The number of fused-ring (bicyclic) bond motifs is 1. The molecule has 100 valence electrons. The summed E-state index contributed by atoms with van der Waals surface area (Å²) in [5.74, 6) is -1.85. The Balaban J connectivity index is 2.13. The minimum Gasteiger partial charge on any atom is -0.383 e. The Morgan fingerprint density at radius 2 is 1.70 bits per heavy atom. The SMILES string of the molecule is O=C1/C(=C(/F)c2ccc(F)cc2)C(O)c2ccccc21. The van der Waals surface area contributed by atoms with E-state index in [2.05, 4.69) is 0 Å². The number of carbonyl (C=O) groups is 1. The van der Waals surface area contributed by atoms with Gasteiger partial charge in [-0.2, -0.15) is 0 Å². The third-order valence-electron chi connectivity index (χ3n) is 3.35. The zero-order chi connectivity index (χ0) is 14.3. The summed E-state index contributed by atoms with van der Waals surface area (Å²) in [6.45, 7) is 0. The number of Topliss-reactive ketones (excluding diaryl/α,β-unsaturated/α-hetero) is 1. The molecule has 0 saturated heterocycles. The second kappa shape index (κ2) is 4.65. The third-order valence-corrected chi connectivity index (χ3v) is 3.35. The van der Waals surface area contributed by atoms with Crippen LogP contribution < -0.4 is 0 Å². The van der Waals surface area contributed by atoms with Gasteiger partial charge in [0, 0.05) is 11.1 Å². The Morgan fingerprint density at radius 3 is 2.35 bits per heavy atom. The van der Waals surface area contributed by atoms with Crippen LogP contribution in [0.5, 0.6) is 0 Å². The summed E-state index contributed by atoms with van der Waals surface area (Å²) in [6, 6.07) is 11.1. The van der Waals surface area contributed by atoms with E-state index in [0.29, 0.717) is 11.1 Å². The van der Waals surface area contributed by atoms with E-state index in [0.717, 1.165) is 12.1 Å². The van der Waals surface area contributed by atoms with Gasteiger partial charge in [0.15, 0.2) is 5.78 Å². The van der Waals surface area contributed by atoms with Crippen molar-refractivity contribution in [2.45, 2.75) is 6.10 Å². The van der Waals surface area contributed by atoms with Crippen LogP contribution in [0, 0.1) is 5.82 Å². The average molecular weight is 272 g/mol. The Hall–Kier alpha value is -2.33. The molecule has 0 aliphatic heterocycles. The molecule has 20 heavy (non-hydrogen) atoms. The van der Waals surface area contributed by atoms with E-state index in [-0.39, 0.29) is 11.1 Å². The van der Waals surface area contributed by atoms with Crippen LogP contribution in [-0.2, 0) is 0 Å². The molecular weight excluding hydrogens is 262 g/mol. The number of carbonyl (C=O) groups excluding carboxylic acids is 1. The van der Waals surface area contributed by atoms with Crippen molar-refractivity contribution in [1.82, 2.24) is 0 Å². The monoisotopic (exact) mass is 272 g/mol. The predicted octanol–water partition coefficient (Wildman–Crippen LogP) is 3.44. The summed E-state index contributed by atoms with van der Waals surface area (Å²) < 4.78 is 27.3. The Bertz CT molecular complexity index is 718. The molecule has 1 atom stereocenters. The van der Waals surface area contributed by atoms with E-state index in [1.54, 1.807) is 24.3 Å². The molecule has 0 heterocycles. The van der Waals surface area contributed by atoms with E-state index in [1.165, 1.54) is 12.1 Å². The van der Waals surface area contributed by atoms with E-state index in [9.17, 15) is 18.7 Å². The maximum Gasteiger partial charge on any atom is 0.195 e. The van der Waals surface area contributed by atoms with Crippen molar-refractivity contribution in [3.05, 3.63) is 76.6 Å². The highest BCUT2D eigenvalue weighted by molar-refractivity contribution is 6.17. The number of aliphatic hydroxyl groups excluding tert-OH is 1. The van der Waals surface area contributed by atoms with E-state index >= 15 is 0 Å². The zero-order valence-corrected chi connectivity index (χ0v) is 10.3. The van der Waals surface area contributed by atoms with Gasteiger partial charge in [-0.3, -0.25) is 4.79 Å². The van der Waals surface area contributed by atoms with Crippen LogP contribution in [0.3, 0.4) is 0 Å². The van der Waals surface area contributed by atoms with Gasteiger partial charge in [-0.05, 0) is 29.8 Å². The van der Waals surface area contributed by atoms with Gasteiger partial charge in [-0.1, -0.05) is 24.3 Å². The van der Waals surface area contributed by atoms with Gasteiger partial charge in [0.25, 0.3) is 0 Å². The summed E-state index contributed by atoms with van der Waals surface area (Å²) >= 11 is 0. The average Bonchev–Trinajstić information content (AvgIpc) is 2.72. The topological polar surface area (TPSA) is 37.3 Å². The molecule has 0 fully saturated rings. The molecule has 0 amide bonds. The summed E-state index contributed by atoms with van der Waals surface area (Å²) in [6.07, 6.45) is -1.29. The Labute approximate surface area is 114 Å². The molecule has 0 radical (unpaired) electrons. The number of hydrogen-bond acceptors (Lipinski definition) is 2. The molecule has 0 spiro atoms. The van der Waals surface area contributed by atoms with Crippen molar-refractivity contribution in [3.63, 3.8) is 0 Å². The standard InChI is InChI=1S/C16H10F2O2/c17-10-7-5-9(6-8-10)14(18)13-15(19)11-3-1-2-4-12(11)16(13)20/h1-8,15,19H/b14-13+. The molecule has 1 aliphatic carbocycles. The number of hydrogen-bond donors (Lipinski definition) is 1. The van der Waals surface area contributed by atoms with Crippen molar-refractivity contribution in [2.24, 2.45) is 0 Å². The second-order valence-electron chi connectivity index (χ2n) is 4.55. The first kappa shape index (κ1) is 12.7.